The summed E-state index contributed by atoms with van der Waals surface area (Å²) in [4.78, 5) is 16.2. The van der Waals surface area contributed by atoms with Crippen LogP contribution in [0, 0.1) is 5.92 Å². The minimum Gasteiger partial charge on any atom is -0.397 e. The molecule has 0 bridgehead atoms. The van der Waals surface area contributed by atoms with Gasteiger partial charge in [-0.1, -0.05) is 18.5 Å². The average Bonchev–Trinajstić information content (AvgIpc) is 2.44. The molecule has 0 unspecified atom stereocenters. The molecule has 1 fully saturated rings. The number of hydrogen-bond donors (Lipinski definition) is 3. The molecule has 6 heteroatoms. The van der Waals surface area contributed by atoms with Crippen LogP contribution in [0.5, 0.6) is 0 Å². The van der Waals surface area contributed by atoms with Crippen molar-refractivity contribution < 1.29 is 9.90 Å². The third kappa shape index (κ3) is 3.22. The van der Waals surface area contributed by atoms with Crippen LogP contribution in [0.1, 0.15) is 43.0 Å². The fourth-order valence-corrected chi connectivity index (χ4v) is 2.76. The lowest BCUT2D eigenvalue weighted by molar-refractivity contribution is 0.0717. The zero-order chi connectivity index (χ0) is 14.8. The lowest BCUT2D eigenvalue weighted by atomic mass is 9.77. The number of halogens is 1. The molecule has 1 amide bonds. The van der Waals surface area contributed by atoms with E-state index in [0.29, 0.717) is 11.6 Å². The lowest BCUT2D eigenvalue weighted by Crippen LogP contribution is -2.53. The number of aromatic nitrogens is 1. The van der Waals surface area contributed by atoms with Crippen molar-refractivity contribution in [3.63, 3.8) is 0 Å². The van der Waals surface area contributed by atoms with Crippen molar-refractivity contribution in [2.75, 3.05) is 12.3 Å². The minimum atomic E-state index is -0.558. The number of nitrogens with one attached hydrogen (secondary N) is 1. The number of aliphatic hydroxyl groups is 1. The van der Waals surface area contributed by atoms with E-state index in [1.54, 1.807) is 0 Å². The van der Waals surface area contributed by atoms with Crippen LogP contribution in [0.2, 0.25) is 5.15 Å². The van der Waals surface area contributed by atoms with Gasteiger partial charge in [-0.05, 0) is 37.7 Å². The Hall–Kier alpha value is -1.33. The molecule has 1 aliphatic carbocycles. The Morgan fingerprint density at radius 1 is 1.60 bits per heavy atom. The van der Waals surface area contributed by atoms with Gasteiger partial charge in [0.1, 0.15) is 5.15 Å². The molecule has 1 heterocycles. The van der Waals surface area contributed by atoms with Gasteiger partial charge in [-0.15, -0.1) is 0 Å². The van der Waals surface area contributed by atoms with Gasteiger partial charge in [0.15, 0.2) is 0 Å². The van der Waals surface area contributed by atoms with Crippen molar-refractivity contribution in [3.05, 3.63) is 23.0 Å². The maximum atomic E-state index is 12.3. The number of hydrogen-bond acceptors (Lipinski definition) is 4. The molecule has 1 aromatic heterocycles. The number of carbonyl (C=O) groups is 1. The van der Waals surface area contributed by atoms with Crippen molar-refractivity contribution in [3.8, 4) is 0 Å². The first-order valence-corrected chi connectivity index (χ1v) is 7.18. The zero-order valence-electron chi connectivity index (χ0n) is 11.5. The van der Waals surface area contributed by atoms with E-state index in [-0.39, 0.29) is 23.2 Å². The van der Waals surface area contributed by atoms with Gasteiger partial charge in [-0.3, -0.25) is 4.79 Å². The average molecular weight is 298 g/mol. The van der Waals surface area contributed by atoms with E-state index in [4.69, 9.17) is 17.3 Å². The van der Waals surface area contributed by atoms with E-state index >= 15 is 0 Å². The summed E-state index contributed by atoms with van der Waals surface area (Å²) in [7, 11) is 0. The summed E-state index contributed by atoms with van der Waals surface area (Å²) in [5, 5.41) is 12.7. The number of anilines is 1. The monoisotopic (exact) mass is 297 g/mol. The summed E-state index contributed by atoms with van der Waals surface area (Å²) in [6.07, 6.45) is 4.92. The first-order chi connectivity index (χ1) is 9.46. The Kier molecular flexibility index (Phi) is 4.50. The topological polar surface area (TPSA) is 88.2 Å². The molecule has 0 saturated heterocycles. The third-order valence-corrected chi connectivity index (χ3v) is 4.32. The Morgan fingerprint density at radius 3 is 2.85 bits per heavy atom. The SMILES string of the molecule is CC1CCC(CO)(NC(=O)c2cc(N)cnc2Cl)CC1. The molecule has 110 valence electrons. The van der Waals surface area contributed by atoms with Gasteiger partial charge in [-0.2, -0.15) is 0 Å². The summed E-state index contributed by atoms with van der Waals surface area (Å²) >= 11 is 5.93. The van der Waals surface area contributed by atoms with Gasteiger partial charge in [0.05, 0.1) is 29.6 Å². The molecule has 5 nitrogen and oxygen atoms in total. The van der Waals surface area contributed by atoms with Crippen LogP contribution in [0.3, 0.4) is 0 Å². The number of nitrogens with two attached hydrogens (primary N) is 1. The number of nitrogen functional groups attached to an aromatic ring is 1. The van der Waals surface area contributed by atoms with Crippen LogP contribution in [0.15, 0.2) is 12.3 Å². The van der Waals surface area contributed by atoms with Gasteiger partial charge in [0.25, 0.3) is 5.91 Å². The summed E-state index contributed by atoms with van der Waals surface area (Å²) < 4.78 is 0. The summed E-state index contributed by atoms with van der Waals surface area (Å²) in [6, 6.07) is 1.50. The van der Waals surface area contributed by atoms with Gasteiger partial charge >= 0.3 is 0 Å². The normalized spacial score (nSPS) is 26.2. The van der Waals surface area contributed by atoms with Crippen LogP contribution in [-0.4, -0.2) is 28.1 Å². The number of pyridine rings is 1. The molecule has 0 atom stereocenters. The fourth-order valence-electron chi connectivity index (χ4n) is 2.57. The number of aliphatic hydroxyl groups excluding tert-OH is 1. The van der Waals surface area contributed by atoms with E-state index in [2.05, 4.69) is 17.2 Å². The largest absolute Gasteiger partial charge is 0.397 e. The number of rotatable bonds is 3. The van der Waals surface area contributed by atoms with Gasteiger partial charge in [-0.25, -0.2) is 4.98 Å². The molecule has 20 heavy (non-hydrogen) atoms. The highest BCUT2D eigenvalue weighted by Crippen LogP contribution is 2.32. The second-order valence-corrected chi connectivity index (χ2v) is 6.04. The van der Waals surface area contributed by atoms with Crippen molar-refractivity contribution in [2.45, 2.75) is 38.1 Å². The van der Waals surface area contributed by atoms with E-state index in [9.17, 15) is 9.90 Å². The maximum absolute atomic E-state index is 12.3. The smallest absolute Gasteiger partial charge is 0.254 e. The second-order valence-electron chi connectivity index (χ2n) is 5.68. The summed E-state index contributed by atoms with van der Waals surface area (Å²) in [5.41, 5.74) is 5.71. The molecule has 1 saturated carbocycles. The molecule has 0 spiro atoms. The van der Waals surface area contributed by atoms with Crippen LogP contribution < -0.4 is 11.1 Å². The number of nitrogens with zero attached hydrogens (tertiary/aromatic N) is 1. The van der Waals surface area contributed by atoms with Crippen molar-refractivity contribution in [1.82, 2.24) is 10.3 Å². The molecule has 0 radical (unpaired) electrons. The highest BCUT2D eigenvalue weighted by molar-refractivity contribution is 6.32. The van der Waals surface area contributed by atoms with E-state index in [1.807, 2.05) is 0 Å². The lowest BCUT2D eigenvalue weighted by Gasteiger charge is -2.38. The molecule has 0 aromatic carbocycles. The zero-order valence-corrected chi connectivity index (χ0v) is 12.3. The number of carbonyl (C=O) groups excluding carboxylic acids is 1. The Labute approximate surface area is 123 Å². The fraction of sp³-hybridized carbons (Fsp3) is 0.571. The summed E-state index contributed by atoms with van der Waals surface area (Å²) in [5.74, 6) is 0.294. The van der Waals surface area contributed by atoms with Crippen molar-refractivity contribution >= 4 is 23.2 Å². The van der Waals surface area contributed by atoms with Crippen LogP contribution in [-0.2, 0) is 0 Å². The first kappa shape index (κ1) is 15.1. The van der Waals surface area contributed by atoms with E-state index < -0.39 is 5.54 Å². The molecule has 0 aliphatic heterocycles. The van der Waals surface area contributed by atoms with Crippen LogP contribution >= 0.6 is 11.6 Å². The molecular weight excluding hydrogens is 278 g/mol. The molecule has 2 rings (SSSR count). The highest BCUT2D eigenvalue weighted by Gasteiger charge is 2.35. The summed E-state index contributed by atoms with van der Waals surface area (Å²) in [6.45, 7) is 2.11. The minimum absolute atomic E-state index is 0.0706. The van der Waals surface area contributed by atoms with Crippen LogP contribution in [0.4, 0.5) is 5.69 Å². The van der Waals surface area contributed by atoms with Crippen molar-refractivity contribution in [1.29, 1.82) is 0 Å². The quantitative estimate of drug-likeness (QED) is 0.745. The van der Waals surface area contributed by atoms with E-state index in [0.717, 1.165) is 25.7 Å². The van der Waals surface area contributed by atoms with Crippen LogP contribution in [0.25, 0.3) is 0 Å². The molecule has 1 aliphatic rings. The van der Waals surface area contributed by atoms with Crippen molar-refractivity contribution in [2.24, 2.45) is 5.92 Å². The van der Waals surface area contributed by atoms with Gasteiger partial charge in [0.2, 0.25) is 0 Å². The molecule has 4 N–H and O–H groups in total. The Morgan fingerprint density at radius 2 is 2.25 bits per heavy atom. The predicted octanol–water partition coefficient (Wildman–Crippen LogP) is 1.99. The first-order valence-electron chi connectivity index (χ1n) is 6.80. The highest BCUT2D eigenvalue weighted by atomic mass is 35.5. The Bertz CT molecular complexity index is 499. The third-order valence-electron chi connectivity index (χ3n) is 4.02. The molecule has 1 aromatic rings. The standard InChI is InChI=1S/C14H20ClN3O2/c1-9-2-4-14(8-19,5-3-9)18-13(20)11-6-10(16)7-17-12(11)15/h6-7,9,19H,2-5,8,16H2,1H3,(H,18,20). The second kappa shape index (κ2) is 5.97. The number of amides is 1. The Balaban J connectivity index is 2.15. The van der Waals surface area contributed by atoms with E-state index in [1.165, 1.54) is 12.3 Å². The van der Waals surface area contributed by atoms with Gasteiger partial charge in [0, 0.05) is 0 Å². The predicted molar refractivity (Wildman–Crippen MR) is 78.6 cm³/mol. The molecular formula is C14H20ClN3O2. The maximum Gasteiger partial charge on any atom is 0.254 e. The van der Waals surface area contributed by atoms with Gasteiger partial charge < -0.3 is 16.2 Å².